The summed E-state index contributed by atoms with van der Waals surface area (Å²) in [6, 6.07) is 3.57. The SMILES string of the molecule is [C-]#[N+]c1cc(-c2nc(CC(=O)c3cnc(N4CCN(CCC(=O)[O-])CC4)cn3)sc2CN2CCC[C@H]2C)cc(C(F)(F)F)c1.[Na+]. The van der Waals surface area contributed by atoms with Crippen LogP contribution in [0.1, 0.15) is 52.1 Å². The topological polar surface area (TPSA) is 110 Å². The standard InChI is InChI=1S/C30H32F3N7O3S.Na/c1-19-4-3-6-40(19)18-25-29(20-12-21(30(31,32)33)14-22(13-20)34-2)37-27(44-25)15-24(41)23-16-36-26(17-35-23)39-10-8-38(9-11-39)7-5-28(42)43;/h12-14,16-17,19H,3-11,15,18H2,1H3,(H,42,43);/q;+1/p-1/t19-;/m1./s1. The van der Waals surface area contributed by atoms with Gasteiger partial charge in [-0.25, -0.2) is 19.8 Å². The Morgan fingerprint density at radius 3 is 2.47 bits per heavy atom. The van der Waals surface area contributed by atoms with Gasteiger partial charge in [0.2, 0.25) is 0 Å². The van der Waals surface area contributed by atoms with Crippen LogP contribution in [0.5, 0.6) is 0 Å². The molecule has 15 heteroatoms. The number of carbonyl (C=O) groups excluding carboxylic acids is 2. The number of hydrogen-bond acceptors (Lipinski definition) is 10. The average molecular weight is 650 g/mol. The minimum absolute atomic E-state index is 0. The second kappa shape index (κ2) is 15.1. The molecule has 2 aliphatic heterocycles. The fraction of sp³-hybridized carbons (Fsp3) is 0.467. The Hall–Kier alpha value is -2.93. The van der Waals surface area contributed by atoms with Crippen molar-refractivity contribution in [3.05, 3.63) is 63.2 Å². The number of anilines is 1. The van der Waals surface area contributed by atoms with Gasteiger partial charge in [0, 0.05) is 61.7 Å². The van der Waals surface area contributed by atoms with Crippen LogP contribution in [-0.2, 0) is 23.9 Å². The zero-order chi connectivity index (χ0) is 31.4. The van der Waals surface area contributed by atoms with Crippen LogP contribution in [0.4, 0.5) is 24.7 Å². The zero-order valence-corrected chi connectivity index (χ0v) is 28.0. The number of hydrogen-bond donors (Lipinski definition) is 0. The molecule has 2 aromatic heterocycles. The van der Waals surface area contributed by atoms with Crippen LogP contribution in [0, 0.1) is 6.57 Å². The maximum absolute atomic E-state index is 13.7. The first-order valence-corrected chi connectivity index (χ1v) is 15.2. The predicted molar refractivity (Wildman–Crippen MR) is 156 cm³/mol. The van der Waals surface area contributed by atoms with Crippen LogP contribution in [0.15, 0.2) is 30.6 Å². The van der Waals surface area contributed by atoms with Gasteiger partial charge in [0.15, 0.2) is 11.5 Å². The number of rotatable bonds is 10. The molecule has 10 nitrogen and oxygen atoms in total. The molecule has 232 valence electrons. The molecule has 2 fully saturated rings. The molecular formula is C30H31F3N7NaO3S. The van der Waals surface area contributed by atoms with E-state index in [2.05, 4.69) is 31.6 Å². The second-order valence-electron chi connectivity index (χ2n) is 11.0. The first-order chi connectivity index (χ1) is 21.0. The van der Waals surface area contributed by atoms with Crippen molar-refractivity contribution in [3.8, 4) is 11.3 Å². The van der Waals surface area contributed by atoms with Gasteiger partial charge in [-0.05, 0) is 56.5 Å². The first-order valence-electron chi connectivity index (χ1n) is 14.4. The number of nitrogens with zero attached hydrogens (tertiary/aromatic N) is 7. The van der Waals surface area contributed by atoms with Gasteiger partial charge in [-0.2, -0.15) is 13.2 Å². The number of aromatic nitrogens is 3. The fourth-order valence-corrected chi connectivity index (χ4v) is 6.62. The molecule has 0 amide bonds. The number of thiazole rings is 1. The third kappa shape index (κ3) is 8.87. The number of halogens is 3. The van der Waals surface area contributed by atoms with Crippen molar-refractivity contribution < 1.29 is 57.4 Å². The van der Waals surface area contributed by atoms with E-state index in [-0.39, 0.29) is 65.1 Å². The summed E-state index contributed by atoms with van der Waals surface area (Å²) >= 11 is 1.29. The van der Waals surface area contributed by atoms with Crippen molar-refractivity contribution in [1.29, 1.82) is 0 Å². The fourth-order valence-electron chi connectivity index (χ4n) is 5.50. The summed E-state index contributed by atoms with van der Waals surface area (Å²) in [6.45, 7) is 13.8. The number of carboxylic acid groups (broad SMARTS) is 1. The van der Waals surface area contributed by atoms with Gasteiger partial charge in [-0.15, -0.1) is 11.3 Å². The minimum Gasteiger partial charge on any atom is -0.550 e. The van der Waals surface area contributed by atoms with Gasteiger partial charge < -0.3 is 14.8 Å². The van der Waals surface area contributed by atoms with Gasteiger partial charge in [-0.1, -0.05) is 0 Å². The molecule has 0 saturated carbocycles. The average Bonchev–Trinajstić information content (AvgIpc) is 3.60. The largest absolute Gasteiger partial charge is 1.00 e. The van der Waals surface area contributed by atoms with Crippen LogP contribution in [0.25, 0.3) is 16.1 Å². The monoisotopic (exact) mass is 649 g/mol. The van der Waals surface area contributed by atoms with E-state index in [0.29, 0.717) is 61.8 Å². The number of carbonyl (C=O) groups is 2. The molecule has 0 bridgehead atoms. The van der Waals surface area contributed by atoms with Crippen LogP contribution >= 0.6 is 11.3 Å². The molecule has 5 rings (SSSR count). The van der Waals surface area contributed by atoms with Crippen molar-refractivity contribution in [3.63, 3.8) is 0 Å². The van der Waals surface area contributed by atoms with E-state index in [1.54, 1.807) is 0 Å². The van der Waals surface area contributed by atoms with E-state index in [4.69, 9.17) is 6.57 Å². The molecule has 1 aromatic carbocycles. The van der Waals surface area contributed by atoms with E-state index in [1.165, 1.54) is 29.8 Å². The Morgan fingerprint density at radius 1 is 1.11 bits per heavy atom. The molecule has 45 heavy (non-hydrogen) atoms. The Balaban J connectivity index is 0.00000461. The number of piperazine rings is 1. The van der Waals surface area contributed by atoms with Crippen molar-refractivity contribution >= 4 is 34.6 Å². The Labute approximate surface area is 285 Å². The normalized spacial score (nSPS) is 17.6. The van der Waals surface area contributed by atoms with Gasteiger partial charge >= 0.3 is 35.7 Å². The quantitative estimate of drug-likeness (QED) is 0.179. The summed E-state index contributed by atoms with van der Waals surface area (Å²) in [4.78, 5) is 47.6. The summed E-state index contributed by atoms with van der Waals surface area (Å²) in [5.41, 5.74) is -0.335. The molecule has 0 spiro atoms. The molecule has 0 aliphatic carbocycles. The number of Topliss-reactive ketones (excluding diaryl/α,β-unsaturated/α-hetero) is 1. The molecule has 3 aromatic rings. The third-order valence-corrected chi connectivity index (χ3v) is 9.03. The van der Waals surface area contributed by atoms with E-state index in [1.807, 2.05) is 9.80 Å². The van der Waals surface area contributed by atoms with Crippen LogP contribution in [0.3, 0.4) is 0 Å². The molecular weight excluding hydrogens is 618 g/mol. The number of alkyl halides is 3. The maximum Gasteiger partial charge on any atom is 1.00 e. The number of benzene rings is 1. The molecule has 0 unspecified atom stereocenters. The Kier molecular flexibility index (Phi) is 11.7. The molecule has 2 aliphatic rings. The van der Waals surface area contributed by atoms with Crippen LogP contribution in [-0.4, -0.2) is 81.8 Å². The van der Waals surface area contributed by atoms with Crippen LogP contribution in [0.2, 0.25) is 0 Å². The van der Waals surface area contributed by atoms with E-state index in [0.717, 1.165) is 36.4 Å². The molecule has 4 heterocycles. The molecule has 0 N–H and O–H groups in total. The third-order valence-electron chi connectivity index (χ3n) is 7.99. The molecule has 1 atom stereocenters. The number of aliphatic carboxylic acids is 1. The number of carboxylic acids is 1. The summed E-state index contributed by atoms with van der Waals surface area (Å²) in [6.07, 6.45) is 0.272. The van der Waals surface area contributed by atoms with Gasteiger partial charge in [-0.3, -0.25) is 14.6 Å². The van der Waals surface area contributed by atoms with Gasteiger partial charge in [0.25, 0.3) is 0 Å². The second-order valence-corrected chi connectivity index (χ2v) is 12.2. The summed E-state index contributed by atoms with van der Waals surface area (Å²) < 4.78 is 41.0. The van der Waals surface area contributed by atoms with Crippen molar-refractivity contribution in [2.45, 2.75) is 51.4 Å². The Bertz CT molecular complexity index is 1550. The Morgan fingerprint density at radius 2 is 1.87 bits per heavy atom. The van der Waals surface area contributed by atoms with Gasteiger partial charge in [0.1, 0.15) is 16.5 Å². The minimum atomic E-state index is -4.62. The van der Waals surface area contributed by atoms with Crippen molar-refractivity contribution in [1.82, 2.24) is 24.8 Å². The zero-order valence-electron chi connectivity index (χ0n) is 25.1. The smallest absolute Gasteiger partial charge is 0.550 e. The first kappa shape index (κ1) is 34.9. The van der Waals surface area contributed by atoms with E-state index >= 15 is 0 Å². The predicted octanol–water partition coefficient (Wildman–Crippen LogP) is 0.845. The van der Waals surface area contributed by atoms with Gasteiger partial charge in [0.05, 0.1) is 31.1 Å². The summed E-state index contributed by atoms with van der Waals surface area (Å²) in [7, 11) is 0. The van der Waals surface area contributed by atoms with E-state index < -0.39 is 17.7 Å². The van der Waals surface area contributed by atoms with Crippen LogP contribution < -0.4 is 39.6 Å². The number of ketones is 1. The maximum atomic E-state index is 13.7. The molecule has 0 radical (unpaired) electrons. The molecule has 2 saturated heterocycles. The number of likely N-dealkylation sites (tertiary alicyclic amines) is 1. The van der Waals surface area contributed by atoms with Crippen molar-refractivity contribution in [2.24, 2.45) is 0 Å². The van der Waals surface area contributed by atoms with E-state index in [9.17, 15) is 27.9 Å². The van der Waals surface area contributed by atoms with Crippen molar-refractivity contribution in [2.75, 3.05) is 44.2 Å². The summed E-state index contributed by atoms with van der Waals surface area (Å²) in [5, 5.41) is 11.2. The summed E-state index contributed by atoms with van der Waals surface area (Å²) in [5.74, 6) is -0.780.